The van der Waals surface area contributed by atoms with Gasteiger partial charge in [-0.25, -0.2) is 4.98 Å². The topological polar surface area (TPSA) is 256 Å². The van der Waals surface area contributed by atoms with E-state index >= 15 is 0 Å². The third kappa shape index (κ3) is 8.18. The van der Waals surface area contributed by atoms with Crippen LogP contribution in [-0.2, 0) is 32.0 Å². The van der Waals surface area contributed by atoms with Gasteiger partial charge in [0.25, 0.3) is 5.91 Å². The Morgan fingerprint density at radius 2 is 1.66 bits per heavy atom. The first-order chi connectivity index (χ1) is 19.4. The molecule has 0 saturated heterocycles. The van der Waals surface area contributed by atoms with Crippen LogP contribution in [0.5, 0.6) is 5.88 Å². The third-order valence-corrected chi connectivity index (χ3v) is 7.30. The van der Waals surface area contributed by atoms with Gasteiger partial charge in [0.1, 0.15) is 16.8 Å². The van der Waals surface area contributed by atoms with Crippen LogP contribution in [0.15, 0.2) is 29.6 Å². The van der Waals surface area contributed by atoms with Crippen LogP contribution in [0.25, 0.3) is 10.2 Å². The monoisotopic (exact) mass is 587 g/mol. The molecule has 3 rings (SSSR count). The van der Waals surface area contributed by atoms with E-state index in [9.17, 15) is 34.2 Å². The van der Waals surface area contributed by atoms with E-state index in [0.717, 1.165) is 11.1 Å². The molecular formula is C26H29N5O9S. The van der Waals surface area contributed by atoms with Gasteiger partial charge in [-0.15, -0.1) is 11.3 Å². The quantitative estimate of drug-likeness (QED) is 0.123. The molecular weight excluding hydrogens is 558 g/mol. The van der Waals surface area contributed by atoms with Gasteiger partial charge < -0.3 is 37.2 Å². The number of thiophene rings is 1. The number of aryl methyl sites for hydroxylation is 2. The second-order valence-electron chi connectivity index (χ2n) is 9.33. The van der Waals surface area contributed by atoms with Crippen LogP contribution < -0.4 is 16.8 Å². The van der Waals surface area contributed by atoms with Gasteiger partial charge in [-0.3, -0.25) is 24.0 Å². The molecule has 9 N–H and O–H groups in total. The molecule has 1 unspecified atom stereocenters. The molecule has 3 aromatic rings. The molecule has 218 valence electrons. The standard InChI is InChI=1S/C26H29N5O9S/c27-16(25(39)40)10-15(24(37)38)20(34)17(8-9-18(32)33)29-21(35)13-6-4-12(5-7-13)2-1-3-14-11-41-23-19(14)22(36)30-26(28)31-23/h4-7,11,15-17H,1-3,8-10,27H2,(H,29,35)(H,32,33)(H,37,38)(H,39,40)(H3,28,30,31,36)/t15?,16-,17-/m0/s1. The number of hydrogen-bond acceptors (Lipinski definition) is 11. The minimum atomic E-state index is -1.85. The summed E-state index contributed by atoms with van der Waals surface area (Å²) in [6.07, 6.45) is 0.326. The molecule has 2 heterocycles. The molecule has 0 spiro atoms. The molecule has 0 saturated carbocycles. The number of nitrogens with two attached hydrogens (primary N) is 2. The van der Waals surface area contributed by atoms with E-state index in [4.69, 9.17) is 21.7 Å². The number of nitrogens with zero attached hydrogens (tertiary/aromatic N) is 2. The summed E-state index contributed by atoms with van der Waals surface area (Å²) in [4.78, 5) is 68.1. The fraction of sp³-hybridized carbons (Fsp3) is 0.346. The number of aliphatic carboxylic acids is 3. The largest absolute Gasteiger partial charge is 0.493 e. The lowest BCUT2D eigenvalue weighted by Gasteiger charge is -2.22. The fourth-order valence-corrected chi connectivity index (χ4v) is 5.19. The Morgan fingerprint density at radius 1 is 0.976 bits per heavy atom. The summed E-state index contributed by atoms with van der Waals surface area (Å²) >= 11 is 1.36. The van der Waals surface area contributed by atoms with Gasteiger partial charge in [-0.05, 0) is 60.7 Å². The SMILES string of the molecule is Nc1nc(O)c2c(CCCc3ccc(C(=O)N[C@@H](CCC(=O)O)C(=O)C(C[C@H](N)C(=O)O)C(=O)O)cc3)csc2n1. The van der Waals surface area contributed by atoms with Crippen molar-refractivity contribution in [2.24, 2.45) is 11.7 Å². The number of Topliss-reactive ketones (excluding diaryl/α,β-unsaturated/α-hetero) is 1. The van der Waals surface area contributed by atoms with Crippen molar-refractivity contribution in [3.63, 3.8) is 0 Å². The molecule has 0 fully saturated rings. The van der Waals surface area contributed by atoms with Crippen LogP contribution in [0.4, 0.5) is 5.95 Å². The molecule has 3 atom stereocenters. The number of nitrogen functional groups attached to an aromatic ring is 1. The average Bonchev–Trinajstić information content (AvgIpc) is 3.31. The van der Waals surface area contributed by atoms with Crippen LogP contribution in [0.2, 0.25) is 0 Å². The van der Waals surface area contributed by atoms with E-state index in [1.807, 2.05) is 5.38 Å². The molecule has 0 aliphatic rings. The number of nitrogens with one attached hydrogen (secondary N) is 1. The number of amides is 1. The zero-order valence-corrected chi connectivity index (χ0v) is 22.5. The maximum atomic E-state index is 12.9. The molecule has 15 heteroatoms. The van der Waals surface area contributed by atoms with Crippen molar-refractivity contribution >= 4 is 57.1 Å². The van der Waals surface area contributed by atoms with E-state index in [1.165, 1.54) is 23.5 Å². The second kappa shape index (κ2) is 13.6. The van der Waals surface area contributed by atoms with Crippen molar-refractivity contribution < 1.29 is 44.4 Å². The number of rotatable bonds is 15. The van der Waals surface area contributed by atoms with Crippen molar-refractivity contribution in [2.45, 2.75) is 50.6 Å². The molecule has 1 aromatic carbocycles. The highest BCUT2D eigenvalue weighted by molar-refractivity contribution is 7.17. The second-order valence-corrected chi connectivity index (χ2v) is 10.2. The smallest absolute Gasteiger partial charge is 0.320 e. The summed E-state index contributed by atoms with van der Waals surface area (Å²) in [6.45, 7) is 0. The Bertz CT molecular complexity index is 1460. The lowest BCUT2D eigenvalue weighted by molar-refractivity contribution is -0.148. The van der Waals surface area contributed by atoms with Crippen LogP contribution in [-0.4, -0.2) is 72.1 Å². The summed E-state index contributed by atoms with van der Waals surface area (Å²) in [5, 5.41) is 42.5. The maximum Gasteiger partial charge on any atom is 0.320 e. The number of carboxylic acids is 3. The number of fused-ring (bicyclic) bond motifs is 1. The molecule has 0 radical (unpaired) electrons. The minimum Gasteiger partial charge on any atom is -0.493 e. The average molecular weight is 588 g/mol. The number of anilines is 1. The fourth-order valence-electron chi connectivity index (χ4n) is 4.22. The Hall–Kier alpha value is -4.63. The van der Waals surface area contributed by atoms with Crippen LogP contribution >= 0.6 is 11.3 Å². The van der Waals surface area contributed by atoms with E-state index < -0.39 is 66.9 Å². The highest BCUT2D eigenvalue weighted by Gasteiger charge is 2.36. The predicted molar refractivity (Wildman–Crippen MR) is 146 cm³/mol. The highest BCUT2D eigenvalue weighted by atomic mass is 32.1. The van der Waals surface area contributed by atoms with Gasteiger partial charge in [0.15, 0.2) is 5.78 Å². The summed E-state index contributed by atoms with van der Waals surface area (Å²) in [7, 11) is 0. The summed E-state index contributed by atoms with van der Waals surface area (Å²) in [5.74, 6) is -8.20. The molecule has 14 nitrogen and oxygen atoms in total. The number of aromatic hydroxyl groups is 1. The number of carbonyl (C=O) groups is 5. The molecule has 0 aliphatic carbocycles. The van der Waals surface area contributed by atoms with Crippen molar-refractivity contribution in [3.05, 3.63) is 46.3 Å². The molecule has 41 heavy (non-hydrogen) atoms. The Balaban J connectivity index is 1.65. The maximum absolute atomic E-state index is 12.9. The lowest BCUT2D eigenvalue weighted by Crippen LogP contribution is -2.47. The lowest BCUT2D eigenvalue weighted by atomic mass is 9.89. The highest BCUT2D eigenvalue weighted by Crippen LogP contribution is 2.32. The first-order valence-corrected chi connectivity index (χ1v) is 13.3. The van der Waals surface area contributed by atoms with Crippen LogP contribution in [0, 0.1) is 5.92 Å². The molecule has 0 bridgehead atoms. The zero-order valence-electron chi connectivity index (χ0n) is 21.6. The van der Waals surface area contributed by atoms with Gasteiger partial charge in [0.2, 0.25) is 11.8 Å². The first kappa shape index (κ1) is 30.9. The van der Waals surface area contributed by atoms with Crippen molar-refractivity contribution in [1.82, 2.24) is 15.3 Å². The summed E-state index contributed by atoms with van der Waals surface area (Å²) in [5.41, 5.74) is 12.9. The Labute approximate surface area is 237 Å². The van der Waals surface area contributed by atoms with E-state index in [1.54, 1.807) is 12.1 Å². The van der Waals surface area contributed by atoms with Crippen LogP contribution in [0.3, 0.4) is 0 Å². The normalized spacial score (nSPS) is 13.3. The van der Waals surface area contributed by atoms with Gasteiger partial charge in [-0.2, -0.15) is 4.98 Å². The molecule has 0 aliphatic heterocycles. The summed E-state index contributed by atoms with van der Waals surface area (Å²) < 4.78 is 0. The van der Waals surface area contributed by atoms with E-state index in [-0.39, 0.29) is 17.4 Å². The number of hydrogen-bond donors (Lipinski definition) is 7. The molecule has 2 aromatic heterocycles. The molecule has 1 amide bonds. The van der Waals surface area contributed by atoms with Gasteiger partial charge in [-0.1, -0.05) is 12.1 Å². The summed E-state index contributed by atoms with van der Waals surface area (Å²) in [6, 6.07) is 3.32. The third-order valence-electron chi connectivity index (χ3n) is 6.38. The van der Waals surface area contributed by atoms with Crippen molar-refractivity contribution in [2.75, 3.05) is 5.73 Å². The Kier molecular flexibility index (Phi) is 10.3. The van der Waals surface area contributed by atoms with Gasteiger partial charge >= 0.3 is 17.9 Å². The number of benzene rings is 1. The number of carbonyl (C=O) groups excluding carboxylic acids is 2. The number of ketones is 1. The zero-order chi connectivity index (χ0) is 30.3. The van der Waals surface area contributed by atoms with Gasteiger partial charge in [0.05, 0.1) is 11.4 Å². The minimum absolute atomic E-state index is 0.00538. The van der Waals surface area contributed by atoms with Gasteiger partial charge in [0, 0.05) is 12.0 Å². The van der Waals surface area contributed by atoms with E-state index in [2.05, 4.69) is 15.3 Å². The predicted octanol–water partition coefficient (Wildman–Crippen LogP) is 1.19. The van der Waals surface area contributed by atoms with Crippen molar-refractivity contribution in [1.29, 1.82) is 0 Å². The van der Waals surface area contributed by atoms with E-state index in [0.29, 0.717) is 29.5 Å². The number of carboxylic acid groups (broad SMARTS) is 3. The van der Waals surface area contributed by atoms with Crippen molar-refractivity contribution in [3.8, 4) is 5.88 Å². The number of aromatic nitrogens is 2. The van der Waals surface area contributed by atoms with Crippen LogP contribution in [0.1, 0.15) is 47.2 Å². The Morgan fingerprint density at radius 3 is 2.27 bits per heavy atom. The first-order valence-electron chi connectivity index (χ1n) is 12.5.